The first kappa shape index (κ1) is 28.1. The molecule has 0 N–H and O–H groups in total. The molecule has 7 nitrogen and oxygen atoms in total. The molecular weight excluding hydrogens is 508 g/mol. The number of carbonyl (C=O) groups excluding carboxylic acids is 2. The van der Waals surface area contributed by atoms with Crippen LogP contribution in [0.2, 0.25) is 5.02 Å². The van der Waals surface area contributed by atoms with Crippen LogP contribution < -0.4 is 5.43 Å². The average molecular weight is 536 g/mol. The summed E-state index contributed by atoms with van der Waals surface area (Å²) >= 11 is 5.87. The van der Waals surface area contributed by atoms with Gasteiger partial charge in [0, 0.05) is 18.0 Å². The van der Waals surface area contributed by atoms with E-state index in [-0.39, 0.29) is 52.3 Å². The van der Waals surface area contributed by atoms with Crippen LogP contribution in [0, 0.1) is 17.0 Å². The summed E-state index contributed by atoms with van der Waals surface area (Å²) < 4.78 is 46.3. The van der Waals surface area contributed by atoms with Gasteiger partial charge in [-0.1, -0.05) is 44.5 Å². The number of carbonyl (C=O) groups is 2. The highest BCUT2D eigenvalue weighted by molar-refractivity contribution is 6.30. The highest BCUT2D eigenvalue weighted by Crippen LogP contribution is 2.34. The van der Waals surface area contributed by atoms with E-state index in [0.29, 0.717) is 0 Å². The first-order valence-corrected chi connectivity index (χ1v) is 11.9. The molecule has 0 aliphatic carbocycles. The number of hydrogen-bond acceptors (Lipinski definition) is 6. The maximum absolute atomic E-state index is 15.4. The van der Waals surface area contributed by atoms with Gasteiger partial charge in [0.05, 0.1) is 30.3 Å². The summed E-state index contributed by atoms with van der Waals surface area (Å²) in [6.45, 7) is 7.03. The SMILES string of the molecule is CCOC(=O)c1cn([C@H](COC(=O)OC)C(C)(C)C)c2cc(F)c(Cc3cccc(Cl)c3F)cc2c1=O. The Morgan fingerprint density at radius 2 is 1.81 bits per heavy atom. The molecule has 1 heterocycles. The van der Waals surface area contributed by atoms with Crippen molar-refractivity contribution < 1.29 is 32.6 Å². The third kappa shape index (κ3) is 6.10. The predicted molar refractivity (Wildman–Crippen MR) is 135 cm³/mol. The highest BCUT2D eigenvalue weighted by Gasteiger charge is 2.31. The minimum Gasteiger partial charge on any atom is -0.462 e. The van der Waals surface area contributed by atoms with Crippen molar-refractivity contribution in [3.05, 3.63) is 80.1 Å². The van der Waals surface area contributed by atoms with E-state index in [2.05, 4.69) is 4.74 Å². The van der Waals surface area contributed by atoms with Gasteiger partial charge >= 0.3 is 12.1 Å². The van der Waals surface area contributed by atoms with Gasteiger partial charge in [0.1, 0.15) is 23.8 Å². The van der Waals surface area contributed by atoms with E-state index in [9.17, 15) is 18.8 Å². The lowest BCUT2D eigenvalue weighted by Gasteiger charge is -2.33. The van der Waals surface area contributed by atoms with E-state index in [0.717, 1.165) is 6.07 Å². The molecule has 0 aliphatic rings. The Bertz CT molecular complexity index is 1400. The largest absolute Gasteiger partial charge is 0.508 e. The maximum Gasteiger partial charge on any atom is 0.508 e. The van der Waals surface area contributed by atoms with Crippen molar-refractivity contribution in [2.24, 2.45) is 5.41 Å². The van der Waals surface area contributed by atoms with E-state index < -0.39 is 40.6 Å². The normalized spacial score (nSPS) is 12.3. The lowest BCUT2D eigenvalue weighted by Crippen LogP contribution is -2.32. The first-order valence-electron chi connectivity index (χ1n) is 11.6. The van der Waals surface area contributed by atoms with Crippen LogP contribution in [0.3, 0.4) is 0 Å². The number of ether oxygens (including phenoxy) is 3. The molecule has 0 amide bonds. The van der Waals surface area contributed by atoms with Crippen molar-refractivity contribution in [1.29, 1.82) is 0 Å². The van der Waals surface area contributed by atoms with E-state index in [4.69, 9.17) is 21.1 Å². The molecule has 0 fully saturated rings. The number of nitrogens with zero attached hydrogens (tertiary/aromatic N) is 1. The second-order valence-electron chi connectivity index (χ2n) is 9.50. The molecule has 0 unspecified atom stereocenters. The number of benzene rings is 2. The molecular formula is C27H28ClF2NO6. The summed E-state index contributed by atoms with van der Waals surface area (Å²) in [4.78, 5) is 37.8. The molecule has 0 saturated carbocycles. The third-order valence-electron chi connectivity index (χ3n) is 5.97. The Balaban J connectivity index is 2.28. The van der Waals surface area contributed by atoms with Crippen LogP contribution in [0.5, 0.6) is 0 Å². The van der Waals surface area contributed by atoms with Crippen molar-refractivity contribution in [3.63, 3.8) is 0 Å². The monoisotopic (exact) mass is 535 g/mol. The maximum atomic E-state index is 15.4. The van der Waals surface area contributed by atoms with Crippen molar-refractivity contribution in [2.75, 3.05) is 20.3 Å². The molecule has 0 radical (unpaired) electrons. The van der Waals surface area contributed by atoms with E-state index in [1.165, 1.54) is 36.1 Å². The van der Waals surface area contributed by atoms with Gasteiger partial charge in [-0.25, -0.2) is 18.4 Å². The number of fused-ring (bicyclic) bond motifs is 1. The summed E-state index contributed by atoms with van der Waals surface area (Å²) in [5.74, 6) is -2.23. The number of halogens is 3. The quantitative estimate of drug-likeness (QED) is 0.341. The average Bonchev–Trinajstić information content (AvgIpc) is 2.83. The minimum absolute atomic E-state index is 0.0247. The van der Waals surface area contributed by atoms with Gasteiger partial charge in [-0.3, -0.25) is 4.79 Å². The number of aromatic nitrogens is 1. The molecule has 1 aromatic heterocycles. The topological polar surface area (TPSA) is 83.8 Å². The van der Waals surface area contributed by atoms with Gasteiger partial charge < -0.3 is 18.8 Å². The number of esters is 1. The molecule has 2 aromatic carbocycles. The Kier molecular flexibility index (Phi) is 8.58. The summed E-state index contributed by atoms with van der Waals surface area (Å²) in [6, 6.07) is 6.20. The van der Waals surface area contributed by atoms with Crippen molar-refractivity contribution in [3.8, 4) is 0 Å². The number of rotatable bonds is 7. The molecule has 1 atom stereocenters. The molecule has 0 spiro atoms. The Hall–Kier alpha value is -3.46. The smallest absolute Gasteiger partial charge is 0.462 e. The molecule has 0 saturated heterocycles. The van der Waals surface area contributed by atoms with Gasteiger partial charge in [0.2, 0.25) is 5.43 Å². The van der Waals surface area contributed by atoms with Crippen LogP contribution in [0.15, 0.2) is 41.3 Å². The summed E-state index contributed by atoms with van der Waals surface area (Å²) in [5.41, 5.74) is -1.17. The summed E-state index contributed by atoms with van der Waals surface area (Å²) in [5, 5.41) is -0.0824. The van der Waals surface area contributed by atoms with E-state index in [1.54, 1.807) is 13.0 Å². The van der Waals surface area contributed by atoms with E-state index in [1.807, 2.05) is 20.8 Å². The third-order valence-corrected chi connectivity index (χ3v) is 6.26. The predicted octanol–water partition coefficient (Wildman–Crippen LogP) is 6.07. The molecule has 3 aromatic rings. The number of pyridine rings is 1. The molecule has 3 rings (SSSR count). The van der Waals surface area contributed by atoms with Crippen LogP contribution in [-0.4, -0.2) is 37.0 Å². The van der Waals surface area contributed by atoms with Crippen LogP contribution in [0.1, 0.15) is 55.2 Å². The van der Waals surface area contributed by atoms with Gasteiger partial charge in [-0.05, 0) is 41.7 Å². The first-order chi connectivity index (χ1) is 17.4. The van der Waals surface area contributed by atoms with Crippen molar-refractivity contribution >= 4 is 34.6 Å². The number of hydrogen-bond donors (Lipinski definition) is 0. The standard InChI is InChI=1S/C27H28ClF2NO6/c1-6-36-25(33)18-13-31(22(27(2,3)4)14-37-26(34)35-5)21-12-20(29)16(11-17(21)24(18)32)10-15-8-7-9-19(28)23(15)30/h7-9,11-13,22H,6,10,14H2,1-5H3/t22-/m1/s1. The van der Waals surface area contributed by atoms with Gasteiger partial charge in [0.15, 0.2) is 0 Å². The fourth-order valence-electron chi connectivity index (χ4n) is 4.01. The minimum atomic E-state index is -0.915. The van der Waals surface area contributed by atoms with Gasteiger partial charge in [-0.2, -0.15) is 0 Å². The highest BCUT2D eigenvalue weighted by atomic mass is 35.5. The van der Waals surface area contributed by atoms with Gasteiger partial charge in [-0.15, -0.1) is 0 Å². The number of methoxy groups -OCH3 is 1. The second kappa shape index (κ2) is 11.3. The lowest BCUT2D eigenvalue weighted by molar-refractivity contribution is 0.0434. The zero-order valence-corrected chi connectivity index (χ0v) is 21.9. The van der Waals surface area contributed by atoms with E-state index >= 15 is 4.39 Å². The van der Waals surface area contributed by atoms with Crippen molar-refractivity contribution in [2.45, 2.75) is 40.2 Å². The second-order valence-corrected chi connectivity index (χ2v) is 9.90. The molecule has 0 aliphatic heterocycles. The summed E-state index contributed by atoms with van der Waals surface area (Å²) in [6.07, 6.45) is 0.197. The lowest BCUT2D eigenvalue weighted by atomic mass is 9.86. The fraction of sp³-hybridized carbons (Fsp3) is 0.370. The van der Waals surface area contributed by atoms with Gasteiger partial charge in [0.25, 0.3) is 0 Å². The zero-order valence-electron chi connectivity index (χ0n) is 21.2. The summed E-state index contributed by atoms with van der Waals surface area (Å²) in [7, 11) is 1.17. The van der Waals surface area contributed by atoms with Crippen LogP contribution in [-0.2, 0) is 20.6 Å². The van der Waals surface area contributed by atoms with Crippen LogP contribution >= 0.6 is 11.6 Å². The van der Waals surface area contributed by atoms with Crippen molar-refractivity contribution in [1.82, 2.24) is 4.57 Å². The van der Waals surface area contributed by atoms with Crippen LogP contribution in [0.25, 0.3) is 10.9 Å². The Labute approximate surface area is 217 Å². The van der Waals surface area contributed by atoms with Crippen LogP contribution in [0.4, 0.5) is 13.6 Å². The molecule has 0 bridgehead atoms. The Morgan fingerprint density at radius 1 is 1.11 bits per heavy atom. The molecule has 198 valence electrons. The Morgan fingerprint density at radius 3 is 2.43 bits per heavy atom. The molecule has 37 heavy (non-hydrogen) atoms. The fourth-order valence-corrected chi connectivity index (χ4v) is 4.20. The molecule has 10 heteroatoms. The zero-order chi connectivity index (χ0) is 27.5.